The number of carbonyl (C=O) groups is 2. The number of sulfone groups is 1. The highest BCUT2D eigenvalue weighted by Crippen LogP contribution is 2.36. The van der Waals surface area contributed by atoms with Gasteiger partial charge in [-0.15, -0.1) is 0 Å². The second-order valence-electron chi connectivity index (χ2n) is 7.43. The molecule has 2 aliphatic heterocycles. The quantitative estimate of drug-likeness (QED) is 0.751. The molecule has 3 aliphatic rings. The van der Waals surface area contributed by atoms with E-state index < -0.39 is 21.9 Å². The highest BCUT2D eigenvalue weighted by molar-refractivity contribution is 7.91. The van der Waals surface area contributed by atoms with Gasteiger partial charge in [0.1, 0.15) is 11.3 Å². The molecule has 0 spiro atoms. The summed E-state index contributed by atoms with van der Waals surface area (Å²) < 4.78 is 29.7. The lowest BCUT2D eigenvalue weighted by molar-refractivity contribution is -0.137. The number of nitrogens with zero attached hydrogens (tertiary/aromatic N) is 3. The van der Waals surface area contributed by atoms with Crippen molar-refractivity contribution in [2.75, 3.05) is 24.6 Å². The van der Waals surface area contributed by atoms with E-state index in [4.69, 9.17) is 4.52 Å². The zero-order valence-electron chi connectivity index (χ0n) is 15.0. The van der Waals surface area contributed by atoms with E-state index in [-0.39, 0.29) is 29.2 Å². The fourth-order valence-electron chi connectivity index (χ4n) is 4.12. The molecule has 26 heavy (non-hydrogen) atoms. The lowest BCUT2D eigenvalue weighted by Crippen LogP contribution is -2.62. The van der Waals surface area contributed by atoms with Gasteiger partial charge in [-0.25, -0.2) is 8.42 Å². The summed E-state index contributed by atoms with van der Waals surface area (Å²) in [5, 5.41) is 3.93. The zero-order valence-corrected chi connectivity index (χ0v) is 15.8. The van der Waals surface area contributed by atoms with Crippen molar-refractivity contribution in [3.05, 3.63) is 17.0 Å². The predicted molar refractivity (Wildman–Crippen MR) is 92.3 cm³/mol. The van der Waals surface area contributed by atoms with E-state index in [0.29, 0.717) is 36.5 Å². The molecular formula is C17H23N3O5S. The number of amides is 2. The zero-order chi connectivity index (χ0) is 18.6. The molecule has 1 aromatic rings. The molecule has 3 heterocycles. The van der Waals surface area contributed by atoms with Crippen molar-refractivity contribution in [2.24, 2.45) is 5.92 Å². The van der Waals surface area contributed by atoms with Crippen molar-refractivity contribution in [1.29, 1.82) is 0 Å². The maximum atomic E-state index is 13.2. The van der Waals surface area contributed by atoms with E-state index in [0.717, 1.165) is 12.8 Å². The average molecular weight is 381 g/mol. The summed E-state index contributed by atoms with van der Waals surface area (Å²) in [4.78, 5) is 29.1. The smallest absolute Gasteiger partial charge is 0.259 e. The van der Waals surface area contributed by atoms with Crippen molar-refractivity contribution in [3.63, 3.8) is 0 Å². The van der Waals surface area contributed by atoms with Gasteiger partial charge in [0.15, 0.2) is 9.84 Å². The van der Waals surface area contributed by atoms with Crippen molar-refractivity contribution >= 4 is 21.7 Å². The average Bonchev–Trinajstić information content (AvgIpc) is 3.29. The Labute approximate surface area is 152 Å². The van der Waals surface area contributed by atoms with Crippen LogP contribution in [0, 0.1) is 12.8 Å². The lowest BCUT2D eigenvalue weighted by atomic mass is 10.0. The summed E-state index contributed by atoms with van der Waals surface area (Å²) in [5.74, 6) is 0.118. The van der Waals surface area contributed by atoms with E-state index in [2.05, 4.69) is 5.16 Å². The standard InChI is InChI=1S/C17H23N3O5S/c1-3-12-15(10(2)25-18-12)17(22)20-7-6-19(16(21)11-4-5-11)13-8-26(23,24)9-14(13)20/h11,13-14H,3-9H2,1-2H3/t13-,14+/m1/s1. The number of aryl methyl sites for hydroxylation is 2. The molecule has 3 fully saturated rings. The van der Waals surface area contributed by atoms with Gasteiger partial charge in [-0.3, -0.25) is 9.59 Å². The Morgan fingerprint density at radius 2 is 1.77 bits per heavy atom. The maximum absolute atomic E-state index is 13.2. The summed E-state index contributed by atoms with van der Waals surface area (Å²) in [7, 11) is -3.29. The minimum absolute atomic E-state index is 0.0354. The summed E-state index contributed by atoms with van der Waals surface area (Å²) in [5.41, 5.74) is 1.01. The fourth-order valence-corrected chi connectivity index (χ4v) is 6.10. The molecule has 0 bridgehead atoms. The minimum Gasteiger partial charge on any atom is -0.361 e. The van der Waals surface area contributed by atoms with Crippen LogP contribution in [0.2, 0.25) is 0 Å². The maximum Gasteiger partial charge on any atom is 0.259 e. The third-order valence-corrected chi connectivity index (χ3v) is 7.33. The first-order chi connectivity index (χ1) is 12.3. The number of hydrogen-bond donors (Lipinski definition) is 0. The van der Waals surface area contributed by atoms with Gasteiger partial charge < -0.3 is 14.3 Å². The van der Waals surface area contributed by atoms with Crippen LogP contribution in [0.3, 0.4) is 0 Å². The minimum atomic E-state index is -3.29. The van der Waals surface area contributed by atoms with Gasteiger partial charge in [-0.05, 0) is 26.2 Å². The van der Waals surface area contributed by atoms with Crippen LogP contribution >= 0.6 is 0 Å². The lowest BCUT2D eigenvalue weighted by Gasteiger charge is -2.44. The third-order valence-electron chi connectivity index (χ3n) is 5.63. The van der Waals surface area contributed by atoms with Crippen LogP contribution in [-0.2, 0) is 21.1 Å². The van der Waals surface area contributed by atoms with Crippen molar-refractivity contribution < 1.29 is 22.5 Å². The molecule has 0 radical (unpaired) electrons. The highest BCUT2D eigenvalue weighted by Gasteiger charge is 2.51. The normalized spacial score (nSPS) is 27.5. The molecule has 1 aromatic heterocycles. The van der Waals surface area contributed by atoms with Crippen LogP contribution in [0.15, 0.2) is 4.52 Å². The first kappa shape index (κ1) is 17.5. The summed E-state index contributed by atoms with van der Waals surface area (Å²) in [6, 6.07) is -0.945. The van der Waals surface area contributed by atoms with Crippen LogP contribution < -0.4 is 0 Å². The molecular weight excluding hydrogens is 358 g/mol. The number of rotatable bonds is 3. The molecule has 9 heteroatoms. The Bertz CT molecular complexity index is 858. The van der Waals surface area contributed by atoms with Gasteiger partial charge in [0, 0.05) is 19.0 Å². The molecule has 4 rings (SSSR count). The van der Waals surface area contributed by atoms with E-state index in [1.54, 1.807) is 16.7 Å². The van der Waals surface area contributed by atoms with E-state index in [9.17, 15) is 18.0 Å². The second-order valence-corrected chi connectivity index (χ2v) is 9.58. The van der Waals surface area contributed by atoms with Gasteiger partial charge >= 0.3 is 0 Å². The van der Waals surface area contributed by atoms with Crippen LogP contribution in [0.25, 0.3) is 0 Å². The van der Waals surface area contributed by atoms with Crippen molar-refractivity contribution in [2.45, 2.75) is 45.2 Å². The van der Waals surface area contributed by atoms with E-state index in [1.807, 2.05) is 6.92 Å². The van der Waals surface area contributed by atoms with Gasteiger partial charge in [0.25, 0.3) is 5.91 Å². The van der Waals surface area contributed by atoms with E-state index in [1.165, 1.54) is 0 Å². The molecule has 2 amide bonds. The van der Waals surface area contributed by atoms with Crippen LogP contribution in [0.4, 0.5) is 0 Å². The number of aromatic nitrogens is 1. The van der Waals surface area contributed by atoms with Crippen LogP contribution in [-0.4, -0.2) is 71.9 Å². The molecule has 0 N–H and O–H groups in total. The van der Waals surface area contributed by atoms with Gasteiger partial charge in [0.05, 0.1) is 29.3 Å². The molecule has 142 valence electrons. The van der Waals surface area contributed by atoms with Crippen molar-refractivity contribution in [1.82, 2.24) is 15.0 Å². The van der Waals surface area contributed by atoms with Gasteiger partial charge in [-0.1, -0.05) is 12.1 Å². The van der Waals surface area contributed by atoms with Crippen LogP contribution in [0.1, 0.15) is 41.6 Å². The Kier molecular flexibility index (Phi) is 4.09. The Hall–Kier alpha value is -1.90. The second kappa shape index (κ2) is 6.07. The molecule has 1 aliphatic carbocycles. The van der Waals surface area contributed by atoms with Gasteiger partial charge in [0.2, 0.25) is 5.91 Å². The fraction of sp³-hybridized carbons (Fsp3) is 0.706. The van der Waals surface area contributed by atoms with Crippen molar-refractivity contribution in [3.8, 4) is 0 Å². The Morgan fingerprint density at radius 3 is 2.38 bits per heavy atom. The number of piperazine rings is 1. The van der Waals surface area contributed by atoms with Crippen LogP contribution in [0.5, 0.6) is 0 Å². The highest BCUT2D eigenvalue weighted by atomic mass is 32.2. The van der Waals surface area contributed by atoms with E-state index >= 15 is 0 Å². The molecule has 0 aromatic carbocycles. The monoisotopic (exact) mass is 381 g/mol. The molecule has 1 saturated carbocycles. The molecule has 2 atom stereocenters. The SMILES string of the molecule is CCc1noc(C)c1C(=O)N1CCN(C(=O)C2CC2)[C@@H]2CS(=O)(=O)C[C@@H]21. The number of hydrogen-bond acceptors (Lipinski definition) is 6. The van der Waals surface area contributed by atoms with Gasteiger partial charge in [-0.2, -0.15) is 0 Å². The summed E-state index contributed by atoms with van der Waals surface area (Å²) >= 11 is 0. The number of carbonyl (C=O) groups excluding carboxylic acids is 2. The molecule has 0 unspecified atom stereocenters. The number of fused-ring (bicyclic) bond motifs is 1. The first-order valence-electron chi connectivity index (χ1n) is 9.09. The summed E-state index contributed by atoms with van der Waals surface area (Å²) in [6.07, 6.45) is 2.31. The molecule has 8 nitrogen and oxygen atoms in total. The Morgan fingerprint density at radius 1 is 1.15 bits per heavy atom. The summed E-state index contributed by atoms with van der Waals surface area (Å²) in [6.45, 7) is 4.30. The predicted octanol–water partition coefficient (Wildman–Crippen LogP) is 0.405. The Balaban J connectivity index is 1.65. The molecule has 2 saturated heterocycles. The first-order valence-corrected chi connectivity index (χ1v) is 10.9. The third kappa shape index (κ3) is 2.82. The topological polar surface area (TPSA) is 101 Å². The largest absolute Gasteiger partial charge is 0.361 e.